The molecule has 3 atom stereocenters. The molecule has 1 amide bonds. The second-order valence-electron chi connectivity index (χ2n) is 6.14. The van der Waals surface area contributed by atoms with Crippen molar-refractivity contribution in [3.63, 3.8) is 0 Å². The van der Waals surface area contributed by atoms with E-state index in [2.05, 4.69) is 19.2 Å². The first-order valence-corrected chi connectivity index (χ1v) is 7.79. The van der Waals surface area contributed by atoms with E-state index in [1.54, 1.807) is 24.3 Å². The van der Waals surface area contributed by atoms with Gasteiger partial charge in [0.2, 0.25) is 0 Å². The van der Waals surface area contributed by atoms with E-state index in [4.69, 9.17) is 10.5 Å². The maximum Gasteiger partial charge on any atom is 0.338 e. The lowest BCUT2D eigenvalue weighted by Gasteiger charge is -2.34. The van der Waals surface area contributed by atoms with Crippen molar-refractivity contribution < 1.29 is 14.3 Å². The highest BCUT2D eigenvalue weighted by atomic mass is 16.5. The zero-order valence-electron chi connectivity index (χ0n) is 13.2. The molecule has 0 saturated heterocycles. The van der Waals surface area contributed by atoms with E-state index >= 15 is 0 Å². The summed E-state index contributed by atoms with van der Waals surface area (Å²) in [5.74, 6) is 0.303. The van der Waals surface area contributed by atoms with Crippen molar-refractivity contribution in [1.29, 1.82) is 0 Å². The highest BCUT2D eigenvalue weighted by Crippen LogP contribution is 2.29. The molecule has 1 saturated carbocycles. The number of nitrogens with two attached hydrogens (primary N) is 1. The van der Waals surface area contributed by atoms with E-state index in [0.29, 0.717) is 23.1 Å². The smallest absolute Gasteiger partial charge is 0.338 e. The largest absolute Gasteiger partial charge is 0.452 e. The molecule has 1 aromatic carbocycles. The number of rotatable bonds is 4. The Balaban J connectivity index is 1.80. The van der Waals surface area contributed by atoms with Crippen LogP contribution in [0.1, 0.15) is 43.5 Å². The maximum atomic E-state index is 11.9. The van der Waals surface area contributed by atoms with Crippen LogP contribution in [-0.2, 0) is 9.53 Å². The van der Waals surface area contributed by atoms with Crippen LogP contribution < -0.4 is 11.1 Å². The van der Waals surface area contributed by atoms with Crippen LogP contribution in [0.3, 0.4) is 0 Å². The predicted molar refractivity (Wildman–Crippen MR) is 85.2 cm³/mol. The fourth-order valence-electron chi connectivity index (χ4n) is 2.87. The van der Waals surface area contributed by atoms with Gasteiger partial charge in [0.15, 0.2) is 6.61 Å². The molecule has 0 radical (unpaired) electrons. The van der Waals surface area contributed by atoms with Crippen molar-refractivity contribution >= 4 is 17.6 Å². The minimum atomic E-state index is -0.514. The summed E-state index contributed by atoms with van der Waals surface area (Å²) < 4.78 is 5.04. The molecule has 0 heterocycles. The van der Waals surface area contributed by atoms with Crippen LogP contribution in [0.5, 0.6) is 0 Å². The van der Waals surface area contributed by atoms with Crippen molar-refractivity contribution in [2.75, 3.05) is 12.3 Å². The summed E-state index contributed by atoms with van der Waals surface area (Å²) in [5, 5.41) is 2.98. The third-order valence-corrected chi connectivity index (χ3v) is 4.53. The zero-order valence-corrected chi connectivity index (χ0v) is 13.2. The molecule has 22 heavy (non-hydrogen) atoms. The summed E-state index contributed by atoms with van der Waals surface area (Å²) in [7, 11) is 0. The van der Waals surface area contributed by atoms with Crippen molar-refractivity contribution in [2.24, 2.45) is 11.8 Å². The summed E-state index contributed by atoms with van der Waals surface area (Å²) in [6.07, 6.45) is 3.32. The molecule has 0 unspecified atom stereocenters. The summed E-state index contributed by atoms with van der Waals surface area (Å²) in [5.41, 5.74) is 6.53. The van der Waals surface area contributed by atoms with Gasteiger partial charge >= 0.3 is 5.97 Å². The lowest BCUT2D eigenvalue weighted by atomic mass is 9.78. The van der Waals surface area contributed by atoms with Crippen molar-refractivity contribution in [3.05, 3.63) is 29.8 Å². The second-order valence-corrected chi connectivity index (χ2v) is 6.14. The molecule has 1 aliphatic rings. The fourth-order valence-corrected chi connectivity index (χ4v) is 2.87. The van der Waals surface area contributed by atoms with Crippen LogP contribution in [-0.4, -0.2) is 24.5 Å². The number of carbonyl (C=O) groups is 2. The van der Waals surface area contributed by atoms with E-state index in [1.807, 2.05) is 0 Å². The number of ether oxygens (including phenoxy) is 1. The Labute approximate surface area is 131 Å². The van der Waals surface area contributed by atoms with Crippen LogP contribution in [0.25, 0.3) is 0 Å². The van der Waals surface area contributed by atoms with Crippen molar-refractivity contribution in [2.45, 2.75) is 39.2 Å². The Kier molecular flexibility index (Phi) is 5.41. The maximum absolute atomic E-state index is 11.9. The van der Waals surface area contributed by atoms with E-state index in [9.17, 15) is 9.59 Å². The zero-order chi connectivity index (χ0) is 16.1. The van der Waals surface area contributed by atoms with Gasteiger partial charge < -0.3 is 15.8 Å². The second kappa shape index (κ2) is 7.29. The third kappa shape index (κ3) is 4.23. The predicted octanol–water partition coefficient (Wildman–Crippen LogP) is 2.37. The number of hydrogen-bond acceptors (Lipinski definition) is 4. The number of nitrogen functional groups attached to an aromatic ring is 1. The number of esters is 1. The summed E-state index contributed by atoms with van der Waals surface area (Å²) in [4.78, 5) is 23.8. The van der Waals surface area contributed by atoms with E-state index in [-0.39, 0.29) is 18.6 Å². The lowest BCUT2D eigenvalue weighted by Crippen LogP contribution is -2.45. The Bertz CT molecular complexity index is 527. The number of nitrogens with one attached hydrogen (secondary N) is 1. The number of carbonyl (C=O) groups excluding carboxylic acids is 2. The Morgan fingerprint density at radius 1 is 1.23 bits per heavy atom. The number of amides is 1. The van der Waals surface area contributed by atoms with Crippen molar-refractivity contribution in [1.82, 2.24) is 5.32 Å². The van der Waals surface area contributed by atoms with Crippen LogP contribution in [0, 0.1) is 11.8 Å². The molecule has 5 heteroatoms. The third-order valence-electron chi connectivity index (χ3n) is 4.53. The highest BCUT2D eigenvalue weighted by Gasteiger charge is 2.28. The van der Waals surface area contributed by atoms with Crippen LogP contribution >= 0.6 is 0 Å². The number of anilines is 1. The Hall–Kier alpha value is -2.04. The molecule has 0 spiro atoms. The molecule has 0 bridgehead atoms. The minimum Gasteiger partial charge on any atom is -0.452 e. The Morgan fingerprint density at radius 2 is 1.91 bits per heavy atom. The van der Waals surface area contributed by atoms with Crippen LogP contribution in [0.4, 0.5) is 5.69 Å². The Morgan fingerprint density at radius 3 is 2.59 bits per heavy atom. The molecule has 0 aliphatic heterocycles. The van der Waals surface area contributed by atoms with Gasteiger partial charge in [0.05, 0.1) is 5.56 Å². The molecule has 0 aromatic heterocycles. The number of benzene rings is 1. The number of hydrogen-bond donors (Lipinski definition) is 2. The van der Waals surface area contributed by atoms with Gasteiger partial charge in [-0.15, -0.1) is 0 Å². The van der Waals surface area contributed by atoms with E-state index in [0.717, 1.165) is 12.8 Å². The standard InChI is InChI=1S/C17H24N2O3/c1-11-4-3-5-15(12(11)2)19-16(20)10-22-17(21)13-6-8-14(18)9-7-13/h6-9,11-12,15H,3-5,10,18H2,1-2H3,(H,19,20)/t11-,12-,15+/m1/s1. The molecule has 2 rings (SSSR count). The molecular formula is C17H24N2O3. The summed E-state index contributed by atoms with van der Waals surface area (Å²) in [6.45, 7) is 4.13. The quantitative estimate of drug-likeness (QED) is 0.661. The fraction of sp³-hybridized carbons (Fsp3) is 0.529. The summed E-state index contributed by atoms with van der Waals surface area (Å²) >= 11 is 0. The lowest BCUT2D eigenvalue weighted by molar-refractivity contribution is -0.125. The van der Waals surface area contributed by atoms with Gasteiger partial charge in [0.1, 0.15) is 0 Å². The van der Waals surface area contributed by atoms with Crippen molar-refractivity contribution in [3.8, 4) is 0 Å². The first-order chi connectivity index (χ1) is 10.5. The molecule has 3 N–H and O–H groups in total. The molecule has 5 nitrogen and oxygen atoms in total. The van der Waals surface area contributed by atoms with Gasteiger partial charge in [0, 0.05) is 11.7 Å². The van der Waals surface area contributed by atoms with Crippen LogP contribution in [0.15, 0.2) is 24.3 Å². The van der Waals surface area contributed by atoms with Gasteiger partial charge in [-0.2, -0.15) is 0 Å². The normalized spacial score (nSPS) is 24.5. The van der Waals surface area contributed by atoms with Gasteiger partial charge in [-0.1, -0.05) is 26.7 Å². The van der Waals surface area contributed by atoms with Crippen LogP contribution in [0.2, 0.25) is 0 Å². The average molecular weight is 304 g/mol. The van der Waals surface area contributed by atoms with Gasteiger partial charge in [-0.25, -0.2) is 4.79 Å². The molecule has 1 aromatic rings. The summed E-state index contributed by atoms with van der Waals surface area (Å²) in [6, 6.07) is 6.59. The topological polar surface area (TPSA) is 81.4 Å². The van der Waals surface area contributed by atoms with Gasteiger partial charge in [0.25, 0.3) is 5.91 Å². The van der Waals surface area contributed by atoms with Gasteiger partial charge in [-0.05, 0) is 42.5 Å². The first-order valence-electron chi connectivity index (χ1n) is 7.79. The molecule has 1 fully saturated rings. The SMILES string of the molecule is C[C@@H]1[C@H](C)CCC[C@@H]1NC(=O)COC(=O)c1ccc(N)cc1. The first kappa shape index (κ1) is 16.3. The monoisotopic (exact) mass is 304 g/mol. The minimum absolute atomic E-state index is 0.173. The van der Waals surface area contributed by atoms with E-state index < -0.39 is 5.97 Å². The average Bonchev–Trinajstić information content (AvgIpc) is 2.50. The molecule has 1 aliphatic carbocycles. The highest BCUT2D eigenvalue weighted by molar-refractivity contribution is 5.91. The molecular weight excluding hydrogens is 280 g/mol. The van der Waals surface area contributed by atoms with Gasteiger partial charge in [-0.3, -0.25) is 4.79 Å². The molecule has 120 valence electrons. The van der Waals surface area contributed by atoms with E-state index in [1.165, 1.54) is 6.42 Å².